The van der Waals surface area contributed by atoms with Gasteiger partial charge in [0.2, 0.25) is 0 Å². The third-order valence-corrected chi connectivity index (χ3v) is 0. The van der Waals surface area contributed by atoms with Crippen LogP contribution in [0.25, 0.3) is 0 Å². The molecule has 2 N–H and O–H groups in total. The van der Waals surface area contributed by atoms with Crippen molar-refractivity contribution < 1.29 is 20.6 Å². The van der Waals surface area contributed by atoms with E-state index in [-0.39, 0.29) is 17.1 Å². The molecule has 0 aliphatic carbocycles. The molecule has 0 unspecified atom stereocenters. The van der Waals surface area contributed by atoms with E-state index in [9.17, 15) is 0 Å². The largest absolute Gasteiger partial charge is 0.328 e. The molecule has 0 aromatic heterocycles. The molecule has 0 spiro atoms. The third-order valence-electron chi connectivity index (χ3n) is 0. The molecule has 54 valence electrons. The van der Waals surface area contributed by atoms with E-state index in [0.29, 0.717) is 0 Å². The van der Waals surface area contributed by atoms with Crippen LogP contribution in [0.2, 0.25) is 0 Å². The zero-order valence-corrected chi connectivity index (χ0v) is 5.54. The van der Waals surface area contributed by atoms with E-state index >= 15 is 0 Å². The standard InChI is InChI=1S/2HNO3.Se/c2*2-1(3)4;/h2*(H,2,3,4);. The summed E-state index contributed by atoms with van der Waals surface area (Å²) < 4.78 is 0. The van der Waals surface area contributed by atoms with Crippen molar-refractivity contribution in [2.24, 2.45) is 0 Å². The molecule has 0 heterocycles. The van der Waals surface area contributed by atoms with Crippen LogP contribution < -0.4 is 0 Å². The van der Waals surface area contributed by atoms with E-state index < -0.39 is 10.2 Å². The SMILES string of the molecule is O=[N+]([O-])O.O=[N+]([O-])O.[Se]. The van der Waals surface area contributed by atoms with Crippen molar-refractivity contribution >= 4 is 17.1 Å². The molecule has 0 saturated carbocycles. The van der Waals surface area contributed by atoms with E-state index in [1.54, 1.807) is 0 Å². The second kappa shape index (κ2) is 10.0. The summed E-state index contributed by atoms with van der Waals surface area (Å²) in [6.07, 6.45) is 0. The Morgan fingerprint density at radius 3 is 1.00 bits per heavy atom. The first-order chi connectivity index (χ1) is 3.46. The van der Waals surface area contributed by atoms with Gasteiger partial charge in [0.25, 0.3) is 10.2 Å². The molecule has 9 heavy (non-hydrogen) atoms. The van der Waals surface area contributed by atoms with Crippen molar-refractivity contribution in [3.05, 3.63) is 20.2 Å². The Labute approximate surface area is 58.8 Å². The van der Waals surface area contributed by atoms with Gasteiger partial charge >= 0.3 is 0 Å². The first-order valence-corrected chi connectivity index (χ1v) is 1.13. The van der Waals surface area contributed by atoms with Gasteiger partial charge in [-0.05, 0) is 0 Å². The van der Waals surface area contributed by atoms with Crippen molar-refractivity contribution in [1.82, 2.24) is 0 Å². The minimum atomic E-state index is -1.50. The van der Waals surface area contributed by atoms with Crippen molar-refractivity contribution in [1.29, 1.82) is 0 Å². The molecule has 0 aromatic carbocycles. The van der Waals surface area contributed by atoms with Gasteiger partial charge in [-0.1, -0.05) is 0 Å². The summed E-state index contributed by atoms with van der Waals surface area (Å²) in [6.45, 7) is 0. The molecule has 0 amide bonds. The van der Waals surface area contributed by atoms with Gasteiger partial charge in [0.1, 0.15) is 0 Å². The Kier molecular flexibility index (Phi) is 17.4. The Morgan fingerprint density at radius 1 is 1.00 bits per heavy atom. The van der Waals surface area contributed by atoms with Crippen molar-refractivity contribution in [2.45, 2.75) is 0 Å². The zero-order valence-electron chi connectivity index (χ0n) is 3.83. The van der Waals surface area contributed by atoms with Crippen molar-refractivity contribution in [2.75, 3.05) is 0 Å². The fourth-order valence-electron chi connectivity index (χ4n) is 0. The molecular weight excluding hydrogens is 203 g/mol. The summed E-state index contributed by atoms with van der Waals surface area (Å²) in [7, 11) is 0. The van der Waals surface area contributed by atoms with Crippen LogP contribution in [-0.2, 0) is 0 Å². The average molecular weight is 205 g/mol. The van der Waals surface area contributed by atoms with E-state index in [4.69, 9.17) is 30.6 Å². The van der Waals surface area contributed by atoms with Crippen molar-refractivity contribution in [3.8, 4) is 0 Å². The van der Waals surface area contributed by atoms with Gasteiger partial charge in [-0.2, -0.15) is 0 Å². The van der Waals surface area contributed by atoms with Gasteiger partial charge in [-0.25, -0.2) is 0 Å². The molecule has 0 aliphatic rings. The summed E-state index contributed by atoms with van der Waals surface area (Å²) in [4.78, 5) is 16.7. The maximum absolute atomic E-state index is 8.36. The molecule has 0 fully saturated rings. The van der Waals surface area contributed by atoms with Gasteiger partial charge in [-0.15, -0.1) is 20.2 Å². The normalized spacial score (nSPS) is 5.33. The third kappa shape index (κ3) is 143. The van der Waals surface area contributed by atoms with Crippen LogP contribution in [-0.4, -0.2) is 37.7 Å². The fraction of sp³-hybridized carbons (Fsp3) is 0. The zero-order chi connectivity index (χ0) is 7.15. The Hall–Kier alpha value is -1.08. The smallest absolute Gasteiger partial charge is 0.291 e. The molecule has 0 aliphatic heterocycles. The van der Waals surface area contributed by atoms with Crippen LogP contribution in [0, 0.1) is 20.2 Å². The van der Waals surface area contributed by atoms with Crippen LogP contribution in [0.3, 0.4) is 0 Å². The number of nitrogens with zero attached hydrogens (tertiary/aromatic N) is 2. The Balaban J connectivity index is -0.0000000720. The predicted octanol–water partition coefficient (Wildman–Crippen LogP) is -1.08. The molecule has 0 rings (SSSR count). The number of hydrogen-bond acceptors (Lipinski definition) is 4. The first-order valence-electron chi connectivity index (χ1n) is 1.13. The molecule has 0 aromatic rings. The van der Waals surface area contributed by atoms with E-state index in [1.807, 2.05) is 0 Å². The summed E-state index contributed by atoms with van der Waals surface area (Å²) in [5.74, 6) is 0. The molecule has 2 radical (unpaired) electrons. The van der Waals surface area contributed by atoms with Crippen LogP contribution in [0.1, 0.15) is 0 Å². The molecule has 8 nitrogen and oxygen atoms in total. The summed E-state index contributed by atoms with van der Waals surface area (Å²) >= 11 is 0. The molecular formula is H2N2O6Se. The monoisotopic (exact) mass is 206 g/mol. The minimum absolute atomic E-state index is 0. The molecule has 0 saturated heterocycles. The van der Waals surface area contributed by atoms with Crippen LogP contribution in [0.4, 0.5) is 0 Å². The number of hydrogen-bond donors (Lipinski definition) is 2. The maximum atomic E-state index is 8.36. The van der Waals surface area contributed by atoms with E-state index in [0.717, 1.165) is 0 Å². The van der Waals surface area contributed by atoms with Crippen molar-refractivity contribution in [3.63, 3.8) is 0 Å². The quantitative estimate of drug-likeness (QED) is 0.294. The maximum Gasteiger partial charge on any atom is 0.291 e. The van der Waals surface area contributed by atoms with E-state index in [1.165, 1.54) is 0 Å². The van der Waals surface area contributed by atoms with Gasteiger partial charge in [0, 0.05) is 17.1 Å². The van der Waals surface area contributed by atoms with Crippen LogP contribution in [0.15, 0.2) is 0 Å². The Morgan fingerprint density at radius 2 is 1.00 bits per heavy atom. The minimum Gasteiger partial charge on any atom is -0.328 e. The predicted molar refractivity (Wildman–Crippen MR) is 23.3 cm³/mol. The first kappa shape index (κ1) is 15.7. The van der Waals surface area contributed by atoms with E-state index in [2.05, 4.69) is 0 Å². The number of rotatable bonds is 0. The molecule has 0 atom stereocenters. The molecule has 0 bridgehead atoms. The van der Waals surface area contributed by atoms with Gasteiger partial charge < -0.3 is 10.4 Å². The Bertz CT molecular complexity index is 69.1. The summed E-state index contributed by atoms with van der Waals surface area (Å²) in [6, 6.07) is 0. The van der Waals surface area contributed by atoms with Gasteiger partial charge in [0.15, 0.2) is 0 Å². The second-order valence-corrected chi connectivity index (χ2v) is 0.476. The summed E-state index contributed by atoms with van der Waals surface area (Å²) in [5.41, 5.74) is 0. The van der Waals surface area contributed by atoms with Crippen LogP contribution in [0.5, 0.6) is 0 Å². The van der Waals surface area contributed by atoms with Crippen LogP contribution >= 0.6 is 0 Å². The molecule has 9 heteroatoms. The topological polar surface area (TPSA) is 127 Å². The summed E-state index contributed by atoms with van der Waals surface area (Å²) in [5, 5.41) is 27.3. The fourth-order valence-corrected chi connectivity index (χ4v) is 0. The van der Waals surface area contributed by atoms with Gasteiger partial charge in [-0.3, -0.25) is 0 Å². The van der Waals surface area contributed by atoms with Gasteiger partial charge in [0.05, 0.1) is 0 Å². The second-order valence-electron chi connectivity index (χ2n) is 0.476. The average Bonchev–Trinajstić information content (AvgIpc) is 1.25.